The molecule has 36 heavy (non-hydrogen) atoms. The zero-order valence-electron chi connectivity index (χ0n) is 18.8. The molecule has 0 radical (unpaired) electrons. The Labute approximate surface area is 208 Å². The number of hydrogen-bond acceptors (Lipinski definition) is 6. The van der Waals surface area contributed by atoms with Crippen LogP contribution in [0.3, 0.4) is 0 Å². The van der Waals surface area contributed by atoms with Gasteiger partial charge < -0.3 is 25.1 Å². The molecule has 3 heterocycles. The number of aromatic nitrogens is 3. The van der Waals surface area contributed by atoms with E-state index < -0.39 is 23.0 Å². The molecule has 5 aromatic rings. The molecular weight excluding hydrogens is 480 g/mol. The molecular formula is C26H20N4O5S. The lowest BCUT2D eigenvalue weighted by molar-refractivity contribution is -0.115. The van der Waals surface area contributed by atoms with Crippen molar-refractivity contribution in [3.8, 4) is 16.5 Å². The number of anilines is 1. The maximum absolute atomic E-state index is 13.0. The van der Waals surface area contributed by atoms with Gasteiger partial charge in [-0.1, -0.05) is 48.5 Å². The molecule has 0 unspecified atom stereocenters. The molecule has 0 fully saturated rings. The number of carbonyl (C=O) groups is 2. The molecule has 0 saturated heterocycles. The van der Waals surface area contributed by atoms with Crippen LogP contribution in [0, 0.1) is 0 Å². The van der Waals surface area contributed by atoms with Crippen molar-refractivity contribution >= 4 is 39.8 Å². The Hall–Kier alpha value is -4.70. The molecule has 2 aromatic carbocycles. The normalized spacial score (nSPS) is 11.0. The topological polar surface area (TPSA) is 137 Å². The highest BCUT2D eigenvalue weighted by Crippen LogP contribution is 2.32. The van der Waals surface area contributed by atoms with E-state index in [1.54, 1.807) is 11.4 Å². The molecule has 4 N–H and O–H groups in total. The summed E-state index contributed by atoms with van der Waals surface area (Å²) in [4.78, 5) is 43.0. The van der Waals surface area contributed by atoms with Crippen LogP contribution in [-0.2, 0) is 17.8 Å². The summed E-state index contributed by atoms with van der Waals surface area (Å²) in [7, 11) is 0. The van der Waals surface area contributed by atoms with E-state index in [1.165, 1.54) is 11.3 Å². The first-order chi connectivity index (χ1) is 17.4. The fourth-order valence-corrected chi connectivity index (χ4v) is 4.85. The van der Waals surface area contributed by atoms with Crippen LogP contribution >= 0.6 is 11.3 Å². The Morgan fingerprint density at radius 1 is 1.06 bits per heavy atom. The zero-order valence-corrected chi connectivity index (χ0v) is 19.6. The first-order valence-electron chi connectivity index (χ1n) is 11.0. The zero-order chi connectivity index (χ0) is 25.2. The Morgan fingerprint density at radius 2 is 1.81 bits per heavy atom. The summed E-state index contributed by atoms with van der Waals surface area (Å²) in [6.07, 6.45) is 2.08. The van der Waals surface area contributed by atoms with Crippen molar-refractivity contribution in [2.75, 3.05) is 5.32 Å². The smallest absolute Gasteiger partial charge is 0.358 e. The van der Waals surface area contributed by atoms with Crippen molar-refractivity contribution in [3.05, 3.63) is 99.4 Å². The third-order valence-corrected chi connectivity index (χ3v) is 6.59. The number of carboxylic acid groups (broad SMARTS) is 1. The SMILES string of the molecule is O=C(Cc1cn(Cc2ccccc2)c2ccccc12)Nc1ccsc1-c1nc(C(=O)O)c(O)c(=O)[nH]1. The third-order valence-electron chi connectivity index (χ3n) is 5.67. The molecule has 0 aliphatic heterocycles. The van der Waals surface area contributed by atoms with Crippen molar-refractivity contribution < 1.29 is 19.8 Å². The number of carboxylic acids is 1. The number of hydrogen-bond donors (Lipinski definition) is 4. The van der Waals surface area contributed by atoms with Crippen LogP contribution in [0.1, 0.15) is 21.6 Å². The number of aromatic carboxylic acids is 1. The van der Waals surface area contributed by atoms with Gasteiger partial charge in [0.2, 0.25) is 11.7 Å². The molecule has 0 spiro atoms. The number of aromatic hydroxyl groups is 1. The predicted molar refractivity (Wildman–Crippen MR) is 137 cm³/mol. The summed E-state index contributed by atoms with van der Waals surface area (Å²) in [6.45, 7) is 0.670. The molecule has 180 valence electrons. The van der Waals surface area contributed by atoms with Crippen LogP contribution < -0.4 is 10.9 Å². The van der Waals surface area contributed by atoms with Crippen LogP contribution in [0.25, 0.3) is 21.6 Å². The average Bonchev–Trinajstić information content (AvgIpc) is 3.46. The second kappa shape index (κ2) is 9.51. The minimum absolute atomic E-state index is 0.0556. The van der Waals surface area contributed by atoms with Gasteiger partial charge in [0, 0.05) is 23.6 Å². The summed E-state index contributed by atoms with van der Waals surface area (Å²) in [6, 6.07) is 19.6. The summed E-state index contributed by atoms with van der Waals surface area (Å²) in [5.41, 5.74) is 1.67. The average molecular weight is 501 g/mol. The fourth-order valence-electron chi connectivity index (χ4n) is 4.06. The minimum Gasteiger partial charge on any atom is -0.501 e. The lowest BCUT2D eigenvalue weighted by Crippen LogP contribution is -2.17. The molecule has 0 saturated carbocycles. The number of benzene rings is 2. The Morgan fingerprint density at radius 3 is 2.58 bits per heavy atom. The standard InChI is InChI=1S/C26H20N4O5S/c31-20(27-18-10-11-36-23(18)24-28-21(26(34)35)22(32)25(33)29-24)12-16-14-30(13-15-6-2-1-3-7-15)19-9-5-4-8-17(16)19/h1-11,14,32H,12-13H2,(H,27,31)(H,34,35)(H,28,29,33). The van der Waals surface area contributed by atoms with E-state index in [9.17, 15) is 24.6 Å². The fraction of sp³-hybridized carbons (Fsp3) is 0.0769. The number of H-pyrrole nitrogens is 1. The molecule has 9 nitrogen and oxygen atoms in total. The Kier molecular flexibility index (Phi) is 6.09. The highest BCUT2D eigenvalue weighted by atomic mass is 32.1. The number of carbonyl (C=O) groups excluding carboxylic acids is 1. The molecule has 0 aliphatic rings. The number of para-hydroxylation sites is 1. The van der Waals surface area contributed by atoms with Gasteiger partial charge in [-0.2, -0.15) is 0 Å². The van der Waals surface area contributed by atoms with Crippen LogP contribution in [0.5, 0.6) is 5.75 Å². The van der Waals surface area contributed by atoms with E-state index in [1.807, 2.05) is 48.7 Å². The highest BCUT2D eigenvalue weighted by molar-refractivity contribution is 7.14. The summed E-state index contributed by atoms with van der Waals surface area (Å²) in [5.74, 6) is -2.84. The maximum atomic E-state index is 13.0. The van der Waals surface area contributed by atoms with Gasteiger partial charge in [-0.25, -0.2) is 9.78 Å². The maximum Gasteiger partial charge on any atom is 0.358 e. The lowest BCUT2D eigenvalue weighted by Gasteiger charge is -2.07. The first-order valence-corrected chi connectivity index (χ1v) is 11.8. The molecule has 3 aromatic heterocycles. The second-order valence-electron chi connectivity index (χ2n) is 8.09. The van der Waals surface area contributed by atoms with E-state index >= 15 is 0 Å². The van der Waals surface area contributed by atoms with E-state index in [-0.39, 0.29) is 18.2 Å². The number of rotatable bonds is 7. The molecule has 1 amide bonds. The van der Waals surface area contributed by atoms with Gasteiger partial charge in [-0.3, -0.25) is 9.59 Å². The largest absolute Gasteiger partial charge is 0.501 e. The Bertz CT molecular complexity index is 1650. The van der Waals surface area contributed by atoms with E-state index in [0.717, 1.165) is 22.0 Å². The van der Waals surface area contributed by atoms with E-state index in [2.05, 4.69) is 32.0 Å². The van der Waals surface area contributed by atoms with E-state index in [0.29, 0.717) is 17.1 Å². The van der Waals surface area contributed by atoms with Crippen molar-refractivity contribution in [2.45, 2.75) is 13.0 Å². The monoisotopic (exact) mass is 500 g/mol. The van der Waals surface area contributed by atoms with Gasteiger partial charge in [-0.05, 0) is 28.6 Å². The number of nitrogens with zero attached hydrogens (tertiary/aromatic N) is 2. The third kappa shape index (κ3) is 4.49. The minimum atomic E-state index is -1.53. The number of thiophene rings is 1. The van der Waals surface area contributed by atoms with Crippen LogP contribution in [0.15, 0.2) is 77.0 Å². The molecule has 0 bridgehead atoms. The summed E-state index contributed by atoms with van der Waals surface area (Å²) >= 11 is 1.17. The quantitative estimate of drug-likeness (QED) is 0.266. The van der Waals surface area contributed by atoms with Crippen LogP contribution in [0.4, 0.5) is 5.69 Å². The summed E-state index contributed by atoms with van der Waals surface area (Å²) < 4.78 is 2.11. The summed E-state index contributed by atoms with van der Waals surface area (Å²) in [5, 5.41) is 24.4. The number of fused-ring (bicyclic) bond motifs is 1. The number of amides is 1. The Balaban J connectivity index is 1.41. The van der Waals surface area contributed by atoms with Gasteiger partial charge >= 0.3 is 5.97 Å². The number of nitrogens with one attached hydrogen (secondary N) is 2. The molecule has 0 atom stereocenters. The first kappa shape index (κ1) is 23.1. The van der Waals surface area contributed by atoms with Crippen LogP contribution in [-0.4, -0.2) is 36.6 Å². The molecule has 5 rings (SSSR count). The van der Waals surface area contributed by atoms with Gasteiger partial charge in [0.1, 0.15) is 0 Å². The van der Waals surface area contributed by atoms with Crippen molar-refractivity contribution in [1.29, 1.82) is 0 Å². The van der Waals surface area contributed by atoms with Gasteiger partial charge in [0.05, 0.1) is 17.0 Å². The lowest BCUT2D eigenvalue weighted by atomic mass is 10.1. The van der Waals surface area contributed by atoms with Crippen molar-refractivity contribution in [2.24, 2.45) is 0 Å². The molecule has 0 aliphatic carbocycles. The highest BCUT2D eigenvalue weighted by Gasteiger charge is 2.20. The second-order valence-corrected chi connectivity index (χ2v) is 9.01. The van der Waals surface area contributed by atoms with Crippen molar-refractivity contribution in [1.82, 2.24) is 14.5 Å². The predicted octanol–water partition coefficient (Wildman–Crippen LogP) is 4.09. The van der Waals surface area contributed by atoms with Gasteiger partial charge in [0.15, 0.2) is 11.5 Å². The molecule has 10 heteroatoms. The van der Waals surface area contributed by atoms with Gasteiger partial charge in [-0.15, -0.1) is 11.3 Å². The van der Waals surface area contributed by atoms with Gasteiger partial charge in [0.25, 0.3) is 5.56 Å². The van der Waals surface area contributed by atoms with Crippen molar-refractivity contribution in [3.63, 3.8) is 0 Å². The number of aromatic amines is 1. The van der Waals surface area contributed by atoms with E-state index in [4.69, 9.17) is 0 Å². The van der Waals surface area contributed by atoms with Crippen LogP contribution in [0.2, 0.25) is 0 Å².